The molecule has 8 nitrogen and oxygen atoms in total. The van der Waals surface area contributed by atoms with Gasteiger partial charge < -0.3 is 4.90 Å². The van der Waals surface area contributed by atoms with Gasteiger partial charge in [-0.05, 0) is 30.9 Å². The molecule has 1 fully saturated rings. The summed E-state index contributed by atoms with van der Waals surface area (Å²) in [5.41, 5.74) is 0.595. The number of carbonyl (C=O) groups excluding carboxylic acids is 3. The van der Waals surface area contributed by atoms with Crippen LogP contribution in [0.15, 0.2) is 24.3 Å². The molecule has 1 saturated heterocycles. The molecule has 134 valence electrons. The highest BCUT2D eigenvalue weighted by Gasteiger charge is 2.37. The van der Waals surface area contributed by atoms with Crippen LogP contribution in [-0.4, -0.2) is 61.3 Å². The summed E-state index contributed by atoms with van der Waals surface area (Å²) in [4.78, 5) is 39.6. The largest absolute Gasteiger partial charge is 0.341 e. The second-order valence-electron chi connectivity index (χ2n) is 6.42. The SMILES string of the molecule is NS(=O)(=O)CC1CCCN(C(=O)CN2C(=O)c3ccccc3C2=O)C1. The van der Waals surface area contributed by atoms with E-state index in [4.69, 9.17) is 5.14 Å². The molecule has 1 atom stereocenters. The van der Waals surface area contributed by atoms with Gasteiger partial charge in [-0.15, -0.1) is 0 Å². The van der Waals surface area contributed by atoms with Gasteiger partial charge in [-0.25, -0.2) is 13.6 Å². The Labute approximate surface area is 145 Å². The minimum absolute atomic E-state index is 0.177. The van der Waals surface area contributed by atoms with Gasteiger partial charge in [-0.3, -0.25) is 19.3 Å². The molecule has 2 aliphatic heterocycles. The first-order valence-electron chi connectivity index (χ1n) is 8.00. The molecule has 9 heteroatoms. The summed E-state index contributed by atoms with van der Waals surface area (Å²) in [6.07, 6.45) is 1.33. The van der Waals surface area contributed by atoms with Crippen LogP contribution in [0.1, 0.15) is 33.6 Å². The number of hydrogen-bond acceptors (Lipinski definition) is 5. The van der Waals surface area contributed by atoms with E-state index >= 15 is 0 Å². The average Bonchev–Trinajstić information content (AvgIpc) is 2.79. The molecule has 0 aromatic heterocycles. The van der Waals surface area contributed by atoms with Crippen LogP contribution in [0.3, 0.4) is 0 Å². The molecule has 3 amide bonds. The van der Waals surface area contributed by atoms with Crippen molar-refractivity contribution in [3.8, 4) is 0 Å². The number of piperidine rings is 1. The molecule has 1 aromatic carbocycles. The highest BCUT2D eigenvalue weighted by molar-refractivity contribution is 7.89. The Kier molecular flexibility index (Phi) is 4.61. The molecule has 1 unspecified atom stereocenters. The standard InChI is InChI=1S/C16H19N3O5S/c17-25(23,24)10-11-4-3-7-18(8-11)14(20)9-19-15(21)12-5-1-2-6-13(12)16(19)22/h1-2,5-6,11H,3-4,7-10H2,(H2,17,23,24). The van der Waals surface area contributed by atoms with Gasteiger partial charge in [-0.2, -0.15) is 0 Å². The van der Waals surface area contributed by atoms with Gasteiger partial charge in [0, 0.05) is 13.1 Å². The Balaban J connectivity index is 1.67. The molecule has 0 saturated carbocycles. The third-order valence-corrected chi connectivity index (χ3v) is 5.45. The van der Waals surface area contributed by atoms with Gasteiger partial charge in [-0.1, -0.05) is 12.1 Å². The molecule has 0 radical (unpaired) electrons. The van der Waals surface area contributed by atoms with Crippen LogP contribution in [0, 0.1) is 5.92 Å². The fraction of sp³-hybridized carbons (Fsp3) is 0.438. The van der Waals surface area contributed by atoms with Crippen LogP contribution in [0.5, 0.6) is 0 Å². The topological polar surface area (TPSA) is 118 Å². The second-order valence-corrected chi connectivity index (χ2v) is 8.08. The monoisotopic (exact) mass is 365 g/mol. The highest BCUT2D eigenvalue weighted by atomic mass is 32.2. The molecule has 2 N–H and O–H groups in total. The van der Waals surface area contributed by atoms with Crippen molar-refractivity contribution < 1.29 is 22.8 Å². The normalized spacial score (nSPS) is 20.8. The number of benzene rings is 1. The highest BCUT2D eigenvalue weighted by Crippen LogP contribution is 2.23. The Morgan fingerprint density at radius 1 is 1.16 bits per heavy atom. The predicted molar refractivity (Wildman–Crippen MR) is 89.1 cm³/mol. The Bertz CT molecular complexity index is 801. The first-order valence-corrected chi connectivity index (χ1v) is 9.71. The van der Waals surface area contributed by atoms with Crippen LogP contribution in [0.25, 0.3) is 0 Å². The van der Waals surface area contributed by atoms with Gasteiger partial charge in [0.15, 0.2) is 0 Å². The molecule has 2 heterocycles. The summed E-state index contributed by atoms with van der Waals surface area (Å²) in [5.74, 6) is -1.73. The summed E-state index contributed by atoms with van der Waals surface area (Å²) in [6, 6.07) is 6.45. The first-order chi connectivity index (χ1) is 11.8. The van der Waals surface area contributed by atoms with Gasteiger partial charge >= 0.3 is 0 Å². The van der Waals surface area contributed by atoms with Gasteiger partial charge in [0.25, 0.3) is 11.8 Å². The number of amides is 3. The van der Waals surface area contributed by atoms with Gasteiger partial charge in [0.2, 0.25) is 15.9 Å². The number of primary sulfonamides is 1. The van der Waals surface area contributed by atoms with E-state index in [1.54, 1.807) is 24.3 Å². The van der Waals surface area contributed by atoms with Crippen molar-refractivity contribution in [3.63, 3.8) is 0 Å². The maximum absolute atomic E-state index is 12.5. The van der Waals surface area contributed by atoms with E-state index in [0.717, 1.165) is 4.90 Å². The minimum Gasteiger partial charge on any atom is -0.341 e. The Morgan fingerprint density at radius 2 is 1.76 bits per heavy atom. The molecule has 0 bridgehead atoms. The smallest absolute Gasteiger partial charge is 0.262 e. The van der Waals surface area contributed by atoms with E-state index < -0.39 is 21.8 Å². The van der Waals surface area contributed by atoms with Gasteiger partial charge in [0.1, 0.15) is 6.54 Å². The van der Waals surface area contributed by atoms with Crippen molar-refractivity contribution in [2.75, 3.05) is 25.4 Å². The van der Waals surface area contributed by atoms with Crippen molar-refractivity contribution >= 4 is 27.7 Å². The molecular formula is C16H19N3O5S. The number of fused-ring (bicyclic) bond motifs is 1. The van der Waals surface area contributed by atoms with Crippen molar-refractivity contribution in [2.24, 2.45) is 11.1 Å². The molecular weight excluding hydrogens is 346 g/mol. The number of hydrogen-bond donors (Lipinski definition) is 1. The fourth-order valence-electron chi connectivity index (χ4n) is 3.37. The minimum atomic E-state index is -3.61. The predicted octanol–water partition coefficient (Wildman–Crippen LogP) is -0.190. The third kappa shape index (κ3) is 3.72. The number of rotatable bonds is 4. The van der Waals surface area contributed by atoms with Crippen molar-refractivity contribution in [1.29, 1.82) is 0 Å². The molecule has 0 spiro atoms. The first kappa shape index (κ1) is 17.6. The third-order valence-electron chi connectivity index (χ3n) is 4.51. The zero-order valence-corrected chi connectivity index (χ0v) is 14.4. The Morgan fingerprint density at radius 3 is 2.32 bits per heavy atom. The number of likely N-dealkylation sites (tertiary alicyclic amines) is 1. The number of nitrogens with zero attached hydrogens (tertiary/aromatic N) is 2. The van der Waals surface area contributed by atoms with E-state index in [9.17, 15) is 22.8 Å². The van der Waals surface area contributed by atoms with Crippen LogP contribution in [-0.2, 0) is 14.8 Å². The molecule has 3 rings (SSSR count). The lowest BCUT2D eigenvalue weighted by Gasteiger charge is -2.33. The summed E-state index contributed by atoms with van der Waals surface area (Å²) in [5, 5.41) is 5.08. The number of imide groups is 1. The number of carbonyl (C=O) groups is 3. The summed E-state index contributed by atoms with van der Waals surface area (Å²) in [7, 11) is -3.61. The van der Waals surface area contributed by atoms with Crippen molar-refractivity contribution in [1.82, 2.24) is 9.80 Å². The van der Waals surface area contributed by atoms with Crippen molar-refractivity contribution in [2.45, 2.75) is 12.8 Å². The zero-order valence-electron chi connectivity index (χ0n) is 13.6. The maximum Gasteiger partial charge on any atom is 0.262 e. The van der Waals surface area contributed by atoms with E-state index in [1.165, 1.54) is 4.90 Å². The van der Waals surface area contributed by atoms with Gasteiger partial charge in [0.05, 0.1) is 16.9 Å². The number of nitrogens with two attached hydrogens (primary N) is 1. The van der Waals surface area contributed by atoms with E-state index in [-0.39, 0.29) is 30.7 Å². The van der Waals surface area contributed by atoms with Crippen molar-refractivity contribution in [3.05, 3.63) is 35.4 Å². The number of sulfonamides is 1. The lowest BCUT2D eigenvalue weighted by molar-refractivity contribution is -0.133. The average molecular weight is 365 g/mol. The van der Waals surface area contributed by atoms with E-state index in [2.05, 4.69) is 0 Å². The molecule has 0 aliphatic carbocycles. The lowest BCUT2D eigenvalue weighted by Crippen LogP contribution is -2.47. The van der Waals surface area contributed by atoms with E-state index in [1.807, 2.05) is 0 Å². The lowest BCUT2D eigenvalue weighted by atomic mass is 10.00. The molecule has 1 aromatic rings. The molecule has 2 aliphatic rings. The van der Waals surface area contributed by atoms with Crippen LogP contribution < -0.4 is 5.14 Å². The summed E-state index contributed by atoms with van der Waals surface area (Å²) in [6.45, 7) is 0.399. The fourth-order valence-corrected chi connectivity index (χ4v) is 4.30. The summed E-state index contributed by atoms with van der Waals surface area (Å²) < 4.78 is 22.5. The second kappa shape index (κ2) is 6.57. The van der Waals surface area contributed by atoms with Crippen LogP contribution in [0.4, 0.5) is 0 Å². The molecule has 25 heavy (non-hydrogen) atoms. The van der Waals surface area contributed by atoms with Crippen LogP contribution >= 0.6 is 0 Å². The van der Waals surface area contributed by atoms with Crippen LogP contribution in [0.2, 0.25) is 0 Å². The Hall–Kier alpha value is -2.26. The summed E-state index contributed by atoms with van der Waals surface area (Å²) >= 11 is 0. The maximum atomic E-state index is 12.5. The quantitative estimate of drug-likeness (QED) is 0.742. The van der Waals surface area contributed by atoms with E-state index in [0.29, 0.717) is 30.5 Å². The zero-order chi connectivity index (χ0) is 18.2.